The van der Waals surface area contributed by atoms with Crippen molar-refractivity contribution in [1.29, 1.82) is 0 Å². The van der Waals surface area contributed by atoms with Crippen molar-refractivity contribution in [2.24, 2.45) is 0 Å². The van der Waals surface area contributed by atoms with Gasteiger partial charge in [-0.1, -0.05) is 23.8 Å². The summed E-state index contributed by atoms with van der Waals surface area (Å²) in [6.07, 6.45) is 0. The molecule has 2 aromatic carbocycles. The molecule has 7 heteroatoms. The highest BCUT2D eigenvalue weighted by molar-refractivity contribution is 7.92. The van der Waals surface area contributed by atoms with Crippen LogP contribution in [0.3, 0.4) is 0 Å². The van der Waals surface area contributed by atoms with Crippen LogP contribution in [0.4, 0.5) is 5.69 Å². The minimum Gasteiger partial charge on any atom is -0.336 e. The number of hydrogen-bond donors (Lipinski definition) is 0. The van der Waals surface area contributed by atoms with Crippen molar-refractivity contribution in [2.45, 2.75) is 11.8 Å². The lowest BCUT2D eigenvalue weighted by molar-refractivity contribution is 0.0664. The van der Waals surface area contributed by atoms with E-state index in [1.165, 1.54) is 23.5 Å². The van der Waals surface area contributed by atoms with Crippen LogP contribution in [0.1, 0.15) is 15.9 Å². The summed E-state index contributed by atoms with van der Waals surface area (Å²) in [5.74, 6) is -0.127. The molecule has 0 bridgehead atoms. The summed E-state index contributed by atoms with van der Waals surface area (Å²) < 4.78 is 27.3. The van der Waals surface area contributed by atoms with Gasteiger partial charge in [0.25, 0.3) is 15.9 Å². The number of piperazine rings is 1. The number of carbonyl (C=O) groups excluding carboxylic acids is 1. The number of rotatable bonds is 4. The summed E-state index contributed by atoms with van der Waals surface area (Å²) in [6.45, 7) is 4.89. The number of benzene rings is 2. The van der Waals surface area contributed by atoms with Gasteiger partial charge in [-0.15, -0.1) is 0 Å². The van der Waals surface area contributed by atoms with E-state index in [1.54, 1.807) is 29.2 Å². The SMILES string of the molecule is Cc1ccc(N(C)S(=O)(=O)c2cccc(C(=O)N3CCN(C)CC3)c2)cc1. The first-order valence-electron chi connectivity index (χ1n) is 8.92. The first kappa shape index (κ1) is 19.4. The largest absolute Gasteiger partial charge is 0.336 e. The highest BCUT2D eigenvalue weighted by Gasteiger charge is 2.25. The Morgan fingerprint density at radius 2 is 1.63 bits per heavy atom. The number of sulfonamides is 1. The van der Waals surface area contributed by atoms with Crippen LogP contribution < -0.4 is 4.31 Å². The minimum atomic E-state index is -3.75. The predicted molar refractivity (Wildman–Crippen MR) is 107 cm³/mol. The molecular formula is C20H25N3O3S. The average molecular weight is 388 g/mol. The van der Waals surface area contributed by atoms with Crippen LogP contribution in [0, 0.1) is 6.92 Å². The van der Waals surface area contributed by atoms with Crippen LogP contribution >= 0.6 is 0 Å². The van der Waals surface area contributed by atoms with Crippen molar-refractivity contribution >= 4 is 21.6 Å². The van der Waals surface area contributed by atoms with Gasteiger partial charge < -0.3 is 9.80 Å². The third kappa shape index (κ3) is 4.14. The minimum absolute atomic E-state index is 0.116. The Morgan fingerprint density at radius 3 is 2.26 bits per heavy atom. The summed E-state index contributed by atoms with van der Waals surface area (Å²) >= 11 is 0. The highest BCUT2D eigenvalue weighted by atomic mass is 32.2. The summed E-state index contributed by atoms with van der Waals surface area (Å²) in [5, 5.41) is 0. The third-order valence-electron chi connectivity index (χ3n) is 4.93. The molecule has 6 nitrogen and oxygen atoms in total. The molecule has 0 atom stereocenters. The van der Waals surface area contributed by atoms with Crippen LogP contribution in [-0.2, 0) is 10.0 Å². The molecule has 1 aliphatic rings. The molecule has 0 unspecified atom stereocenters. The van der Waals surface area contributed by atoms with Crippen molar-refractivity contribution < 1.29 is 13.2 Å². The van der Waals surface area contributed by atoms with E-state index >= 15 is 0 Å². The van der Waals surface area contributed by atoms with Crippen molar-refractivity contribution in [2.75, 3.05) is 44.6 Å². The normalized spacial score (nSPS) is 15.6. The summed E-state index contributed by atoms with van der Waals surface area (Å²) in [6, 6.07) is 13.6. The van der Waals surface area contributed by atoms with Gasteiger partial charge in [-0.3, -0.25) is 9.10 Å². The maximum absolute atomic E-state index is 13.0. The molecule has 2 aromatic rings. The molecule has 1 saturated heterocycles. The van der Waals surface area contributed by atoms with Gasteiger partial charge in [0.05, 0.1) is 10.6 Å². The molecule has 0 aromatic heterocycles. The number of nitrogens with zero attached hydrogens (tertiary/aromatic N) is 3. The summed E-state index contributed by atoms with van der Waals surface area (Å²) in [4.78, 5) is 16.8. The van der Waals surface area contributed by atoms with Gasteiger partial charge >= 0.3 is 0 Å². The Kier molecular flexibility index (Phi) is 5.53. The molecule has 144 valence electrons. The zero-order valence-corrected chi connectivity index (χ0v) is 16.7. The topological polar surface area (TPSA) is 60.9 Å². The zero-order valence-electron chi connectivity index (χ0n) is 15.9. The first-order valence-corrected chi connectivity index (χ1v) is 10.4. The fourth-order valence-corrected chi connectivity index (χ4v) is 4.28. The van der Waals surface area contributed by atoms with Crippen molar-refractivity contribution in [1.82, 2.24) is 9.80 Å². The lowest BCUT2D eigenvalue weighted by atomic mass is 10.2. The third-order valence-corrected chi connectivity index (χ3v) is 6.71. The van der Waals surface area contributed by atoms with Gasteiger partial charge in [0, 0.05) is 38.8 Å². The van der Waals surface area contributed by atoms with Gasteiger partial charge in [0.2, 0.25) is 0 Å². The quantitative estimate of drug-likeness (QED) is 0.807. The Balaban J connectivity index is 1.85. The Labute approximate surface area is 161 Å². The second-order valence-electron chi connectivity index (χ2n) is 6.93. The lowest BCUT2D eigenvalue weighted by Gasteiger charge is -2.32. The first-order chi connectivity index (χ1) is 12.8. The molecule has 0 N–H and O–H groups in total. The van der Waals surface area contributed by atoms with E-state index in [-0.39, 0.29) is 10.8 Å². The highest BCUT2D eigenvalue weighted by Crippen LogP contribution is 2.23. The maximum atomic E-state index is 13.0. The second kappa shape index (κ2) is 7.70. The number of likely N-dealkylation sites (N-methyl/N-ethyl adjacent to an activating group) is 1. The molecule has 0 aliphatic carbocycles. The van der Waals surface area contributed by atoms with E-state index in [0.29, 0.717) is 24.3 Å². The van der Waals surface area contributed by atoms with Crippen LogP contribution in [0.25, 0.3) is 0 Å². The van der Waals surface area contributed by atoms with E-state index in [2.05, 4.69) is 4.90 Å². The van der Waals surface area contributed by atoms with Crippen LogP contribution in [0.15, 0.2) is 53.4 Å². The standard InChI is InChI=1S/C20H25N3O3S/c1-16-7-9-18(10-8-16)22(3)27(25,26)19-6-4-5-17(15-19)20(24)23-13-11-21(2)12-14-23/h4-10,15H,11-14H2,1-3H3. The summed E-state index contributed by atoms with van der Waals surface area (Å²) in [5.41, 5.74) is 2.04. The fraction of sp³-hybridized carbons (Fsp3) is 0.350. The van der Waals surface area contributed by atoms with E-state index in [0.717, 1.165) is 18.7 Å². The van der Waals surface area contributed by atoms with Crippen LogP contribution in [0.5, 0.6) is 0 Å². The second-order valence-corrected chi connectivity index (χ2v) is 8.90. The van der Waals surface area contributed by atoms with Crippen molar-refractivity contribution in [3.05, 3.63) is 59.7 Å². The summed E-state index contributed by atoms with van der Waals surface area (Å²) in [7, 11) is -0.200. The van der Waals surface area contributed by atoms with E-state index in [1.807, 2.05) is 26.1 Å². The molecule has 27 heavy (non-hydrogen) atoms. The van der Waals surface area contributed by atoms with E-state index in [9.17, 15) is 13.2 Å². The van der Waals surface area contributed by atoms with Gasteiger partial charge in [0.15, 0.2) is 0 Å². The molecule has 0 spiro atoms. The zero-order chi connectivity index (χ0) is 19.6. The molecule has 0 radical (unpaired) electrons. The van der Waals surface area contributed by atoms with Gasteiger partial charge in [-0.2, -0.15) is 0 Å². The van der Waals surface area contributed by atoms with Crippen LogP contribution in [0.2, 0.25) is 0 Å². The fourth-order valence-electron chi connectivity index (χ4n) is 3.03. The molecule has 1 heterocycles. The Hall–Kier alpha value is -2.38. The van der Waals surface area contributed by atoms with E-state index in [4.69, 9.17) is 0 Å². The van der Waals surface area contributed by atoms with Gasteiger partial charge in [0.1, 0.15) is 0 Å². The lowest BCUT2D eigenvalue weighted by Crippen LogP contribution is -2.47. The molecule has 1 fully saturated rings. The predicted octanol–water partition coefficient (Wildman–Crippen LogP) is 2.21. The number of carbonyl (C=O) groups is 1. The number of aryl methyl sites for hydroxylation is 1. The van der Waals surface area contributed by atoms with Crippen molar-refractivity contribution in [3.8, 4) is 0 Å². The average Bonchev–Trinajstić information content (AvgIpc) is 2.68. The maximum Gasteiger partial charge on any atom is 0.264 e. The molecular weight excluding hydrogens is 362 g/mol. The molecule has 0 saturated carbocycles. The Morgan fingerprint density at radius 1 is 1.00 bits per heavy atom. The molecule has 1 amide bonds. The van der Waals surface area contributed by atoms with Crippen LogP contribution in [-0.4, -0.2) is 64.4 Å². The molecule has 3 rings (SSSR count). The van der Waals surface area contributed by atoms with Gasteiger partial charge in [-0.25, -0.2) is 8.42 Å². The number of amides is 1. The smallest absolute Gasteiger partial charge is 0.264 e. The Bertz CT molecular complexity index is 918. The number of hydrogen-bond acceptors (Lipinski definition) is 4. The van der Waals surface area contributed by atoms with E-state index < -0.39 is 10.0 Å². The number of anilines is 1. The van der Waals surface area contributed by atoms with Crippen molar-refractivity contribution in [3.63, 3.8) is 0 Å². The molecule has 1 aliphatic heterocycles. The monoisotopic (exact) mass is 387 g/mol. The van der Waals surface area contributed by atoms with Gasteiger partial charge in [-0.05, 0) is 44.3 Å².